The molecule has 0 amide bonds. The van der Waals surface area contributed by atoms with E-state index in [1.165, 1.54) is 18.3 Å². The number of benzene rings is 2. The van der Waals surface area contributed by atoms with E-state index in [0.717, 1.165) is 0 Å². The summed E-state index contributed by atoms with van der Waals surface area (Å²) in [6, 6.07) is 11.3. The summed E-state index contributed by atoms with van der Waals surface area (Å²) >= 11 is 5.88. The van der Waals surface area contributed by atoms with Crippen molar-refractivity contribution in [2.45, 2.75) is 0 Å². The highest BCUT2D eigenvalue weighted by Gasteiger charge is 2.05. The first kappa shape index (κ1) is 13.3. The maximum absolute atomic E-state index is 10.8. The van der Waals surface area contributed by atoms with Crippen molar-refractivity contribution in [3.63, 3.8) is 0 Å². The highest BCUT2D eigenvalue weighted by atomic mass is 35.5. The van der Waals surface area contributed by atoms with E-state index in [4.69, 9.17) is 21.4 Å². The van der Waals surface area contributed by atoms with Gasteiger partial charge in [0.15, 0.2) is 0 Å². The van der Waals surface area contributed by atoms with E-state index in [9.17, 15) is 4.79 Å². The van der Waals surface area contributed by atoms with Crippen LogP contribution in [0.3, 0.4) is 0 Å². The molecule has 0 fully saturated rings. The molecule has 0 bridgehead atoms. The van der Waals surface area contributed by atoms with Crippen molar-refractivity contribution in [1.82, 2.24) is 9.97 Å². The number of fused-ring (bicyclic) bond motifs is 1. The molecule has 0 saturated heterocycles. The van der Waals surface area contributed by atoms with E-state index in [-0.39, 0.29) is 5.56 Å². The number of hydrogen-bond acceptors (Lipinski definition) is 4. The van der Waals surface area contributed by atoms with Gasteiger partial charge in [-0.05, 0) is 42.5 Å². The van der Waals surface area contributed by atoms with Gasteiger partial charge < -0.3 is 9.84 Å². The molecule has 3 aromatic rings. The zero-order valence-corrected chi connectivity index (χ0v) is 11.4. The van der Waals surface area contributed by atoms with Crippen LogP contribution in [0.2, 0.25) is 5.02 Å². The molecule has 0 unspecified atom stereocenters. The molecule has 5 nitrogen and oxygen atoms in total. The Morgan fingerprint density at radius 2 is 1.86 bits per heavy atom. The summed E-state index contributed by atoms with van der Waals surface area (Å²) in [7, 11) is 0. The fourth-order valence-corrected chi connectivity index (χ4v) is 1.97. The predicted octanol–water partition coefficient (Wildman–Crippen LogP) is 3.77. The topological polar surface area (TPSA) is 72.3 Å². The van der Waals surface area contributed by atoms with Crippen LogP contribution in [0.4, 0.5) is 0 Å². The van der Waals surface area contributed by atoms with Crippen LogP contribution in [0.15, 0.2) is 48.7 Å². The Labute approximate surface area is 124 Å². The van der Waals surface area contributed by atoms with Gasteiger partial charge in [-0.25, -0.2) is 14.8 Å². The second-order valence-electron chi connectivity index (χ2n) is 4.27. The maximum Gasteiger partial charge on any atom is 0.335 e. The van der Waals surface area contributed by atoms with E-state index in [2.05, 4.69) is 9.97 Å². The molecule has 1 aromatic heterocycles. The number of rotatable bonds is 3. The molecule has 0 spiro atoms. The zero-order chi connectivity index (χ0) is 14.8. The number of carbonyl (C=O) groups is 1. The number of carboxylic acids is 1. The molecular weight excluding hydrogens is 292 g/mol. The van der Waals surface area contributed by atoms with Gasteiger partial charge in [0.2, 0.25) is 5.88 Å². The third kappa shape index (κ3) is 2.93. The molecule has 1 heterocycles. The minimum atomic E-state index is -0.982. The first-order chi connectivity index (χ1) is 10.1. The van der Waals surface area contributed by atoms with Crippen LogP contribution in [0, 0.1) is 0 Å². The second kappa shape index (κ2) is 5.38. The molecule has 6 heteroatoms. The van der Waals surface area contributed by atoms with Gasteiger partial charge in [0.1, 0.15) is 5.75 Å². The van der Waals surface area contributed by atoms with Crippen molar-refractivity contribution < 1.29 is 14.6 Å². The lowest BCUT2D eigenvalue weighted by Gasteiger charge is -2.05. The number of aromatic nitrogens is 2. The standard InChI is InChI=1S/C15H9ClN2O3/c16-10-3-6-12-13(7-10)17-8-14(18-12)21-11-4-1-9(2-5-11)15(19)20/h1-8H,(H,19,20). The quantitative estimate of drug-likeness (QED) is 0.797. The zero-order valence-electron chi connectivity index (χ0n) is 10.7. The van der Waals surface area contributed by atoms with Crippen LogP contribution >= 0.6 is 11.6 Å². The van der Waals surface area contributed by atoms with Gasteiger partial charge in [0.05, 0.1) is 22.8 Å². The lowest BCUT2D eigenvalue weighted by Crippen LogP contribution is -1.96. The summed E-state index contributed by atoms with van der Waals surface area (Å²) in [5.41, 5.74) is 1.54. The van der Waals surface area contributed by atoms with E-state index in [1.54, 1.807) is 30.3 Å². The Kier molecular flexibility index (Phi) is 3.41. The number of nitrogens with zero attached hydrogens (tertiary/aromatic N) is 2. The number of ether oxygens (including phenoxy) is 1. The third-order valence-electron chi connectivity index (χ3n) is 2.81. The molecule has 0 aliphatic heterocycles. The van der Waals surface area contributed by atoms with Crippen molar-refractivity contribution in [3.05, 3.63) is 59.2 Å². The van der Waals surface area contributed by atoms with Crippen molar-refractivity contribution in [2.24, 2.45) is 0 Å². The Bertz CT molecular complexity index is 819. The van der Waals surface area contributed by atoms with Crippen molar-refractivity contribution in [2.75, 3.05) is 0 Å². The molecule has 0 atom stereocenters. The summed E-state index contributed by atoms with van der Waals surface area (Å²) in [6.07, 6.45) is 1.49. The Hall–Kier alpha value is -2.66. The lowest BCUT2D eigenvalue weighted by molar-refractivity contribution is 0.0697. The average molecular weight is 301 g/mol. The number of carboxylic acid groups (broad SMARTS) is 1. The number of halogens is 1. The highest BCUT2D eigenvalue weighted by Crippen LogP contribution is 2.22. The minimum Gasteiger partial charge on any atom is -0.478 e. The average Bonchev–Trinajstić information content (AvgIpc) is 2.48. The van der Waals surface area contributed by atoms with Gasteiger partial charge in [-0.15, -0.1) is 0 Å². The Morgan fingerprint density at radius 3 is 2.57 bits per heavy atom. The van der Waals surface area contributed by atoms with Crippen molar-refractivity contribution in [3.8, 4) is 11.6 Å². The molecule has 0 radical (unpaired) electrons. The van der Waals surface area contributed by atoms with Gasteiger partial charge in [0.25, 0.3) is 0 Å². The van der Waals surface area contributed by atoms with Gasteiger partial charge in [0, 0.05) is 5.02 Å². The molecule has 3 rings (SSSR count). The molecule has 0 saturated carbocycles. The van der Waals surface area contributed by atoms with Gasteiger partial charge in [-0.3, -0.25) is 0 Å². The lowest BCUT2D eigenvalue weighted by atomic mass is 10.2. The van der Waals surface area contributed by atoms with E-state index in [1.807, 2.05) is 0 Å². The number of hydrogen-bond donors (Lipinski definition) is 1. The fraction of sp³-hybridized carbons (Fsp3) is 0. The van der Waals surface area contributed by atoms with Crippen LogP contribution in [0.5, 0.6) is 11.6 Å². The van der Waals surface area contributed by atoms with E-state index in [0.29, 0.717) is 27.7 Å². The molecule has 1 N–H and O–H groups in total. The van der Waals surface area contributed by atoms with Crippen molar-refractivity contribution >= 4 is 28.6 Å². The minimum absolute atomic E-state index is 0.196. The Morgan fingerprint density at radius 1 is 1.10 bits per heavy atom. The summed E-state index contributed by atoms with van der Waals surface area (Å²) in [5, 5.41) is 9.42. The van der Waals surface area contributed by atoms with Crippen LogP contribution < -0.4 is 4.74 Å². The van der Waals surface area contributed by atoms with Crippen LogP contribution in [-0.4, -0.2) is 21.0 Å². The van der Waals surface area contributed by atoms with Crippen LogP contribution in [-0.2, 0) is 0 Å². The number of aromatic carboxylic acids is 1. The second-order valence-corrected chi connectivity index (χ2v) is 4.71. The maximum atomic E-state index is 10.8. The molecule has 0 aliphatic rings. The smallest absolute Gasteiger partial charge is 0.335 e. The monoisotopic (exact) mass is 300 g/mol. The molecule has 21 heavy (non-hydrogen) atoms. The summed E-state index contributed by atoms with van der Waals surface area (Å²) in [6.45, 7) is 0. The molecule has 0 aliphatic carbocycles. The van der Waals surface area contributed by atoms with E-state index < -0.39 is 5.97 Å². The molecule has 2 aromatic carbocycles. The molecular formula is C15H9ClN2O3. The third-order valence-corrected chi connectivity index (χ3v) is 3.04. The van der Waals surface area contributed by atoms with Crippen LogP contribution in [0.1, 0.15) is 10.4 Å². The van der Waals surface area contributed by atoms with Crippen molar-refractivity contribution in [1.29, 1.82) is 0 Å². The highest BCUT2D eigenvalue weighted by molar-refractivity contribution is 6.31. The van der Waals surface area contributed by atoms with Gasteiger partial charge in [-0.1, -0.05) is 11.6 Å². The normalized spacial score (nSPS) is 10.5. The van der Waals surface area contributed by atoms with Gasteiger partial charge >= 0.3 is 5.97 Å². The fourth-order valence-electron chi connectivity index (χ4n) is 1.80. The van der Waals surface area contributed by atoms with E-state index >= 15 is 0 Å². The first-order valence-electron chi connectivity index (χ1n) is 6.05. The summed E-state index contributed by atoms with van der Waals surface area (Å²) in [4.78, 5) is 19.3. The summed E-state index contributed by atoms with van der Waals surface area (Å²) < 4.78 is 5.55. The summed E-state index contributed by atoms with van der Waals surface area (Å²) in [5.74, 6) is -0.167. The largest absolute Gasteiger partial charge is 0.478 e. The van der Waals surface area contributed by atoms with Crippen LogP contribution in [0.25, 0.3) is 11.0 Å². The Balaban J connectivity index is 1.87. The predicted molar refractivity (Wildman–Crippen MR) is 78.0 cm³/mol. The SMILES string of the molecule is O=C(O)c1ccc(Oc2cnc3cc(Cl)ccc3n2)cc1. The van der Waals surface area contributed by atoms with Gasteiger partial charge in [-0.2, -0.15) is 0 Å². The molecule has 104 valence electrons. The first-order valence-corrected chi connectivity index (χ1v) is 6.43.